The molecule has 3 aliphatic heterocycles. The number of nitrogens with zero attached hydrogens (tertiary/aromatic N) is 2. The van der Waals surface area contributed by atoms with Gasteiger partial charge in [0.15, 0.2) is 11.5 Å². The van der Waals surface area contributed by atoms with E-state index in [9.17, 15) is 10.2 Å². The van der Waals surface area contributed by atoms with Crippen LogP contribution in [-0.4, -0.2) is 78.1 Å². The number of hydrogen-bond donors (Lipinski definition) is 2. The monoisotopic (exact) mass is 924 g/mol. The summed E-state index contributed by atoms with van der Waals surface area (Å²) in [7, 11) is 0. The highest BCUT2D eigenvalue weighted by Crippen LogP contribution is 2.62. The van der Waals surface area contributed by atoms with E-state index in [1.54, 1.807) is 6.08 Å². The van der Waals surface area contributed by atoms with E-state index in [0.717, 1.165) is 91.3 Å². The van der Waals surface area contributed by atoms with E-state index in [1.807, 2.05) is 65.6 Å². The fraction of sp³-hybridized carbons (Fsp3) is 0.464. The molecule has 1 amide bonds. The highest BCUT2D eigenvalue weighted by Gasteiger charge is 2.66. The summed E-state index contributed by atoms with van der Waals surface area (Å²) in [5, 5.41) is 25.2. The third kappa shape index (κ3) is 9.66. The molecule has 3 aliphatic carbocycles. The third-order valence-electron chi connectivity index (χ3n) is 14.6. The minimum absolute atomic E-state index is 0.0442. The number of carbonyl (C=O) groups is 1. The molecule has 12 heteroatoms. The first kappa shape index (κ1) is 46.1. The van der Waals surface area contributed by atoms with Gasteiger partial charge in [-0.3, -0.25) is 4.79 Å². The number of amides is 1. The lowest BCUT2D eigenvalue weighted by atomic mass is 9.55. The number of carbonyl (C=O) groups excluding carboxylic acids is 1. The molecule has 1 saturated heterocycles. The highest BCUT2D eigenvalue weighted by atomic mass is 16.8. The molecule has 6 aliphatic rings. The number of oxime groups is 1. The zero-order valence-electron chi connectivity index (χ0n) is 38.8. The van der Waals surface area contributed by atoms with E-state index in [2.05, 4.69) is 43.0 Å². The number of unbranched alkanes of at least 4 members (excludes halogenated alkanes) is 2. The standard InChI is InChI=1S/C56H64N2O10/c1-2-29-65-56-51(58(55(61)40-18-19-40)35-37-17-25-49-50(31-37)64-36-63-49)34-47(57-68-52-16-8-11-30-62-52)45-32-41(14-6-9-27-59)44(15-7-10-28-60)53(54(45)56)46-33-43(24-26-48(46)67-56)66-42-22-20-39(21-23-42)38-12-4-3-5-13-38/h2-5,12-13,17,20-26,31-33,40-41,44,51-54,59-60H,1,6-11,14-16,18-19,27-30,34-36H2. The van der Waals surface area contributed by atoms with E-state index in [1.165, 1.54) is 0 Å². The Morgan fingerprint density at radius 2 is 1.60 bits per heavy atom. The first-order chi connectivity index (χ1) is 33.5. The molecule has 3 fully saturated rings. The van der Waals surface area contributed by atoms with Crippen molar-refractivity contribution in [2.45, 2.75) is 108 Å². The van der Waals surface area contributed by atoms with Crippen molar-refractivity contribution in [2.24, 2.45) is 28.8 Å². The largest absolute Gasteiger partial charge is 0.459 e. The molecule has 0 aromatic heterocycles. The number of aliphatic hydroxyl groups is 2. The molecule has 0 spiro atoms. The van der Waals surface area contributed by atoms with Crippen molar-refractivity contribution in [3.05, 3.63) is 126 Å². The maximum atomic E-state index is 15.1. The average Bonchev–Trinajstić information content (AvgIpc) is 4.13. The quantitative estimate of drug-likeness (QED) is 0.0501. The molecule has 68 heavy (non-hydrogen) atoms. The summed E-state index contributed by atoms with van der Waals surface area (Å²) in [6, 6.07) is 29.7. The van der Waals surface area contributed by atoms with E-state index >= 15 is 4.79 Å². The summed E-state index contributed by atoms with van der Waals surface area (Å²) in [4.78, 5) is 23.4. The fourth-order valence-corrected chi connectivity index (χ4v) is 11.3. The van der Waals surface area contributed by atoms with Gasteiger partial charge >= 0.3 is 0 Å². The SMILES string of the molecule is C=CCOC12Oc3ccc(Oc4ccc(-c5ccccc5)cc4)cc3C3C(CCCCO)C(CCCCO)C=C(C(=NOC4CCCCO4)CC1N(Cc1ccc4c(c1)OCO4)C(=O)C1CC1)C32. The molecule has 10 rings (SSSR count). The Kier molecular flexibility index (Phi) is 14.2. The summed E-state index contributed by atoms with van der Waals surface area (Å²) in [5.74, 6) is 1.40. The van der Waals surface area contributed by atoms with Crippen molar-refractivity contribution in [3.63, 3.8) is 0 Å². The van der Waals surface area contributed by atoms with Crippen LogP contribution in [0.25, 0.3) is 11.1 Å². The average molecular weight is 925 g/mol. The first-order valence-corrected chi connectivity index (χ1v) is 24.8. The van der Waals surface area contributed by atoms with E-state index < -0.39 is 24.0 Å². The summed E-state index contributed by atoms with van der Waals surface area (Å²) >= 11 is 0. The molecule has 12 nitrogen and oxygen atoms in total. The maximum absolute atomic E-state index is 15.1. The lowest BCUT2D eigenvalue weighted by Crippen LogP contribution is -2.70. The van der Waals surface area contributed by atoms with Crippen molar-refractivity contribution >= 4 is 11.6 Å². The van der Waals surface area contributed by atoms with Crippen molar-refractivity contribution < 1.29 is 48.3 Å². The molecular formula is C56H64N2O10. The second kappa shape index (κ2) is 20.9. The second-order valence-corrected chi connectivity index (χ2v) is 19.1. The van der Waals surface area contributed by atoms with E-state index in [0.29, 0.717) is 54.6 Å². The van der Waals surface area contributed by atoms with Crippen molar-refractivity contribution in [3.8, 4) is 39.9 Å². The van der Waals surface area contributed by atoms with Crippen LogP contribution in [0.5, 0.6) is 28.7 Å². The molecule has 2 N–H and O–H groups in total. The van der Waals surface area contributed by atoms with Crippen LogP contribution in [0.2, 0.25) is 0 Å². The minimum Gasteiger partial charge on any atom is -0.459 e. The molecule has 7 atom stereocenters. The summed E-state index contributed by atoms with van der Waals surface area (Å²) < 4.78 is 39.0. The van der Waals surface area contributed by atoms with Gasteiger partial charge in [0.25, 0.3) is 0 Å². The van der Waals surface area contributed by atoms with Crippen LogP contribution >= 0.6 is 0 Å². The zero-order valence-corrected chi connectivity index (χ0v) is 38.8. The Morgan fingerprint density at radius 1 is 0.838 bits per heavy atom. The van der Waals surface area contributed by atoms with E-state index in [-0.39, 0.29) is 62.7 Å². The molecule has 4 aromatic carbocycles. The molecule has 4 aromatic rings. The normalized spacial score (nSPS) is 26.2. The van der Waals surface area contributed by atoms with Gasteiger partial charge in [-0.1, -0.05) is 78.7 Å². The zero-order chi connectivity index (χ0) is 46.5. The van der Waals surface area contributed by atoms with Gasteiger partial charge < -0.3 is 48.4 Å². The predicted octanol–water partition coefficient (Wildman–Crippen LogP) is 10.5. The van der Waals surface area contributed by atoms with Gasteiger partial charge in [0.05, 0.1) is 24.8 Å². The van der Waals surface area contributed by atoms with Crippen LogP contribution in [0.1, 0.15) is 94.1 Å². The smallest absolute Gasteiger partial charge is 0.239 e. The Morgan fingerprint density at radius 3 is 2.37 bits per heavy atom. The maximum Gasteiger partial charge on any atom is 0.239 e. The number of aliphatic hydroxyl groups excluding tert-OH is 2. The van der Waals surface area contributed by atoms with E-state index in [4.69, 9.17) is 38.4 Å². The van der Waals surface area contributed by atoms with Crippen molar-refractivity contribution in [1.82, 2.24) is 4.90 Å². The van der Waals surface area contributed by atoms with Crippen LogP contribution in [0.4, 0.5) is 0 Å². The Hall–Kier alpha value is -5.66. The predicted molar refractivity (Wildman–Crippen MR) is 257 cm³/mol. The topological polar surface area (TPSA) is 138 Å². The second-order valence-electron chi connectivity index (χ2n) is 19.1. The number of ether oxygens (including phenoxy) is 6. The Balaban J connectivity index is 1.12. The minimum atomic E-state index is -1.39. The molecular weight excluding hydrogens is 861 g/mol. The van der Waals surface area contributed by atoms with Crippen LogP contribution in [0.3, 0.4) is 0 Å². The molecule has 2 saturated carbocycles. The summed E-state index contributed by atoms with van der Waals surface area (Å²) in [5.41, 5.74) is 5.85. The lowest BCUT2D eigenvalue weighted by molar-refractivity contribution is -0.258. The molecule has 0 bridgehead atoms. The number of benzene rings is 4. The number of fused-ring (bicyclic) bond motifs is 3. The highest BCUT2D eigenvalue weighted by molar-refractivity contribution is 6.03. The van der Waals surface area contributed by atoms with Crippen LogP contribution in [0.15, 0.2) is 120 Å². The lowest BCUT2D eigenvalue weighted by Gasteiger charge is -2.60. The number of rotatable bonds is 20. The Labute approximate surface area is 399 Å². The van der Waals surface area contributed by atoms with Crippen LogP contribution < -0.4 is 18.9 Å². The molecule has 358 valence electrons. The van der Waals surface area contributed by atoms with Crippen LogP contribution in [-0.2, 0) is 25.7 Å². The number of allylic oxidation sites excluding steroid dienone is 1. The molecule has 7 unspecified atom stereocenters. The first-order valence-electron chi connectivity index (χ1n) is 24.8. The summed E-state index contributed by atoms with van der Waals surface area (Å²) in [6.45, 7) is 5.53. The Bertz CT molecular complexity index is 2450. The number of hydrogen-bond acceptors (Lipinski definition) is 11. The molecule has 3 heterocycles. The fourth-order valence-electron chi connectivity index (χ4n) is 11.3. The van der Waals surface area contributed by atoms with Crippen LogP contribution in [0, 0.1) is 23.7 Å². The van der Waals surface area contributed by atoms with Crippen molar-refractivity contribution in [2.75, 3.05) is 33.2 Å². The van der Waals surface area contributed by atoms with Gasteiger partial charge in [-0.15, -0.1) is 6.58 Å². The van der Waals surface area contributed by atoms with Gasteiger partial charge in [0.1, 0.15) is 23.3 Å². The van der Waals surface area contributed by atoms with Gasteiger partial charge in [-0.25, -0.2) is 0 Å². The summed E-state index contributed by atoms with van der Waals surface area (Å²) in [6.07, 6.45) is 12.9. The van der Waals surface area contributed by atoms with Gasteiger partial charge in [-0.05, 0) is 128 Å². The molecule has 0 radical (unpaired) electrons. The third-order valence-corrected chi connectivity index (χ3v) is 14.6. The van der Waals surface area contributed by atoms with Crippen molar-refractivity contribution in [1.29, 1.82) is 0 Å². The van der Waals surface area contributed by atoms with Gasteiger partial charge in [-0.2, -0.15) is 0 Å². The van der Waals surface area contributed by atoms with Gasteiger partial charge in [0.2, 0.25) is 24.8 Å². The van der Waals surface area contributed by atoms with Gasteiger partial charge in [0, 0.05) is 50.0 Å².